The van der Waals surface area contributed by atoms with Crippen LogP contribution in [0.5, 0.6) is 5.75 Å². The van der Waals surface area contributed by atoms with Crippen LogP contribution in [0.3, 0.4) is 0 Å². The van der Waals surface area contributed by atoms with Gasteiger partial charge in [-0.1, -0.05) is 6.07 Å². The summed E-state index contributed by atoms with van der Waals surface area (Å²) < 4.78 is 5.48. The second-order valence-corrected chi connectivity index (χ2v) is 6.51. The number of nitrogens with zero attached hydrogens (tertiary/aromatic N) is 1. The Balaban J connectivity index is 2.25. The molecule has 2 aromatic rings. The van der Waals surface area contributed by atoms with Crippen LogP contribution < -0.4 is 4.74 Å². The molecule has 5 nitrogen and oxygen atoms in total. The first kappa shape index (κ1) is 16.5. The number of aromatic amines is 1. The van der Waals surface area contributed by atoms with Gasteiger partial charge in [0.25, 0.3) is 0 Å². The first-order valence-corrected chi connectivity index (χ1v) is 7.43. The number of rotatable bonds is 6. The smallest absolute Gasteiger partial charge is 0.314 e. The molecule has 120 valence electrons. The molecule has 0 amide bonds. The van der Waals surface area contributed by atoms with E-state index in [2.05, 4.69) is 9.88 Å². The summed E-state index contributed by atoms with van der Waals surface area (Å²) in [6, 6.07) is 5.60. The minimum Gasteiger partial charge on any atom is -0.426 e. The third kappa shape index (κ3) is 4.32. The molecular weight excluding hydrogens is 280 g/mol. The first-order valence-electron chi connectivity index (χ1n) is 7.43. The first-order chi connectivity index (χ1) is 10.3. The Labute approximate surface area is 130 Å². The lowest BCUT2D eigenvalue weighted by atomic mass is 10.1. The predicted octanol–water partition coefficient (Wildman–Crippen LogP) is 2.34. The van der Waals surface area contributed by atoms with Gasteiger partial charge in [0.15, 0.2) is 0 Å². The quantitative estimate of drug-likeness (QED) is 0.635. The minimum absolute atomic E-state index is 0.0408. The fraction of sp³-hybridized carbons (Fsp3) is 0.471. The van der Waals surface area contributed by atoms with Gasteiger partial charge in [-0.3, -0.25) is 4.79 Å². The van der Waals surface area contributed by atoms with Crippen molar-refractivity contribution in [1.82, 2.24) is 9.88 Å². The van der Waals surface area contributed by atoms with Crippen LogP contribution in [0.1, 0.15) is 25.8 Å². The number of fused-ring (bicyclic) bond motifs is 1. The maximum Gasteiger partial charge on any atom is 0.314 e. The molecule has 0 fully saturated rings. The number of carbonyl (C=O) groups excluding carboxylic acids is 1. The predicted molar refractivity (Wildman–Crippen MR) is 87.1 cm³/mol. The van der Waals surface area contributed by atoms with Crippen LogP contribution in [0.4, 0.5) is 0 Å². The summed E-state index contributed by atoms with van der Waals surface area (Å²) in [4.78, 5) is 17.3. The third-order valence-corrected chi connectivity index (χ3v) is 3.38. The Kier molecular flexibility index (Phi) is 4.88. The van der Waals surface area contributed by atoms with E-state index in [1.807, 2.05) is 32.4 Å². The van der Waals surface area contributed by atoms with Crippen molar-refractivity contribution in [1.29, 1.82) is 0 Å². The van der Waals surface area contributed by atoms with Crippen LogP contribution in [0.15, 0.2) is 24.4 Å². The normalized spacial score (nSPS) is 12.1. The molecule has 0 bridgehead atoms. The Bertz CT molecular complexity index is 653. The van der Waals surface area contributed by atoms with Gasteiger partial charge in [0, 0.05) is 23.6 Å². The number of aliphatic hydroxyl groups is 1. The van der Waals surface area contributed by atoms with Crippen LogP contribution in [-0.2, 0) is 11.2 Å². The lowest BCUT2D eigenvalue weighted by Crippen LogP contribution is -2.26. The Morgan fingerprint density at radius 2 is 2.09 bits per heavy atom. The summed E-state index contributed by atoms with van der Waals surface area (Å²) in [6.45, 7) is 4.10. The molecule has 0 atom stereocenters. The van der Waals surface area contributed by atoms with Crippen molar-refractivity contribution < 1.29 is 14.6 Å². The Hall–Kier alpha value is -1.85. The largest absolute Gasteiger partial charge is 0.426 e. The zero-order chi connectivity index (χ0) is 16.3. The van der Waals surface area contributed by atoms with Gasteiger partial charge < -0.3 is 19.7 Å². The van der Waals surface area contributed by atoms with Gasteiger partial charge in [-0.15, -0.1) is 0 Å². The van der Waals surface area contributed by atoms with Crippen LogP contribution in [-0.4, -0.2) is 47.2 Å². The number of esters is 1. The summed E-state index contributed by atoms with van der Waals surface area (Å²) in [7, 11) is 4.05. The van der Waals surface area contributed by atoms with E-state index in [0.29, 0.717) is 5.75 Å². The van der Waals surface area contributed by atoms with Crippen molar-refractivity contribution >= 4 is 16.9 Å². The van der Waals surface area contributed by atoms with E-state index in [1.165, 1.54) is 0 Å². The maximum atomic E-state index is 12.0. The molecule has 5 heteroatoms. The number of ether oxygens (including phenoxy) is 1. The summed E-state index contributed by atoms with van der Waals surface area (Å²) in [6.07, 6.45) is 2.79. The molecular formula is C17H24N2O3. The molecule has 0 aliphatic carbocycles. The monoisotopic (exact) mass is 304 g/mol. The Morgan fingerprint density at radius 1 is 1.36 bits per heavy atom. The number of hydrogen-bond acceptors (Lipinski definition) is 4. The molecule has 0 saturated heterocycles. The number of hydrogen-bond donors (Lipinski definition) is 2. The fourth-order valence-corrected chi connectivity index (χ4v) is 2.36. The standard InChI is InChI=1S/C17H24N2O3/c1-17(2,21)10-15(20)22-14-7-5-6-13-16(14)12(11-18-13)8-9-19(3)4/h5-7,11,18,21H,8-10H2,1-4H3. The maximum absolute atomic E-state index is 12.0. The number of carbonyl (C=O) groups is 1. The number of aromatic nitrogens is 1. The van der Waals surface area contributed by atoms with Crippen LogP contribution in [0, 0.1) is 0 Å². The summed E-state index contributed by atoms with van der Waals surface area (Å²) in [5, 5.41) is 10.7. The molecule has 0 aliphatic rings. The number of nitrogens with one attached hydrogen (secondary N) is 1. The number of likely N-dealkylation sites (N-methyl/N-ethyl adjacent to an activating group) is 1. The van der Waals surface area contributed by atoms with E-state index in [-0.39, 0.29) is 6.42 Å². The average molecular weight is 304 g/mol. The molecule has 0 saturated carbocycles. The molecule has 1 aromatic heterocycles. The van der Waals surface area contributed by atoms with Crippen LogP contribution in [0.25, 0.3) is 10.9 Å². The van der Waals surface area contributed by atoms with E-state index in [1.54, 1.807) is 19.9 Å². The summed E-state index contributed by atoms with van der Waals surface area (Å²) in [5.74, 6) is 0.113. The molecule has 1 aromatic carbocycles. The average Bonchev–Trinajstić information content (AvgIpc) is 2.78. The third-order valence-electron chi connectivity index (χ3n) is 3.38. The van der Waals surface area contributed by atoms with Crippen molar-refractivity contribution in [3.63, 3.8) is 0 Å². The molecule has 2 N–H and O–H groups in total. The van der Waals surface area contributed by atoms with Gasteiger partial charge in [-0.05, 0) is 52.1 Å². The lowest BCUT2D eigenvalue weighted by molar-refractivity contribution is -0.138. The molecule has 0 unspecified atom stereocenters. The number of benzene rings is 1. The molecule has 22 heavy (non-hydrogen) atoms. The Morgan fingerprint density at radius 3 is 2.73 bits per heavy atom. The number of H-pyrrole nitrogens is 1. The second kappa shape index (κ2) is 6.50. The van der Waals surface area contributed by atoms with E-state index < -0.39 is 11.6 Å². The van der Waals surface area contributed by atoms with Crippen LogP contribution >= 0.6 is 0 Å². The highest BCUT2D eigenvalue weighted by Gasteiger charge is 2.21. The highest BCUT2D eigenvalue weighted by Crippen LogP contribution is 2.29. The highest BCUT2D eigenvalue weighted by atomic mass is 16.5. The van der Waals surface area contributed by atoms with Gasteiger partial charge in [-0.2, -0.15) is 0 Å². The van der Waals surface area contributed by atoms with E-state index in [4.69, 9.17) is 4.74 Å². The minimum atomic E-state index is -1.07. The molecule has 0 aliphatic heterocycles. The molecule has 0 radical (unpaired) electrons. The van der Waals surface area contributed by atoms with Gasteiger partial charge in [-0.25, -0.2) is 0 Å². The van der Waals surface area contributed by atoms with Crippen molar-refractivity contribution in [2.75, 3.05) is 20.6 Å². The van der Waals surface area contributed by atoms with Crippen molar-refractivity contribution in [3.05, 3.63) is 30.0 Å². The van der Waals surface area contributed by atoms with Crippen molar-refractivity contribution in [2.24, 2.45) is 0 Å². The van der Waals surface area contributed by atoms with E-state index >= 15 is 0 Å². The van der Waals surface area contributed by atoms with Crippen molar-refractivity contribution in [3.8, 4) is 5.75 Å². The SMILES string of the molecule is CN(C)CCc1c[nH]c2cccc(OC(=O)CC(C)(C)O)c12. The topological polar surface area (TPSA) is 65.6 Å². The van der Waals surface area contributed by atoms with Gasteiger partial charge in [0.2, 0.25) is 0 Å². The zero-order valence-corrected chi connectivity index (χ0v) is 13.6. The van der Waals surface area contributed by atoms with E-state index in [0.717, 1.165) is 29.4 Å². The van der Waals surface area contributed by atoms with Gasteiger partial charge in [0.05, 0.1) is 12.0 Å². The second-order valence-electron chi connectivity index (χ2n) is 6.51. The molecule has 1 heterocycles. The van der Waals surface area contributed by atoms with Gasteiger partial charge >= 0.3 is 5.97 Å². The molecule has 2 rings (SSSR count). The summed E-state index contributed by atoms with van der Waals surface area (Å²) in [5.41, 5.74) is 0.995. The highest BCUT2D eigenvalue weighted by molar-refractivity contribution is 5.91. The van der Waals surface area contributed by atoms with Crippen LogP contribution in [0.2, 0.25) is 0 Å². The fourth-order valence-electron chi connectivity index (χ4n) is 2.36. The van der Waals surface area contributed by atoms with Gasteiger partial charge in [0.1, 0.15) is 5.75 Å². The zero-order valence-electron chi connectivity index (χ0n) is 13.6. The van der Waals surface area contributed by atoms with E-state index in [9.17, 15) is 9.90 Å². The summed E-state index contributed by atoms with van der Waals surface area (Å²) >= 11 is 0. The molecule has 0 spiro atoms. The lowest BCUT2D eigenvalue weighted by Gasteiger charge is -2.16. The van der Waals surface area contributed by atoms with Crippen molar-refractivity contribution in [2.45, 2.75) is 32.3 Å².